The van der Waals surface area contributed by atoms with Crippen LogP contribution >= 0.6 is 0 Å². The summed E-state index contributed by atoms with van der Waals surface area (Å²) in [6.45, 7) is 3.18. The molecule has 0 radical (unpaired) electrons. The Bertz CT molecular complexity index is 473. The van der Waals surface area contributed by atoms with Gasteiger partial charge in [-0.15, -0.1) is 0 Å². The van der Waals surface area contributed by atoms with E-state index in [1.807, 2.05) is 25.1 Å². The number of methoxy groups -OCH3 is 1. The molecule has 0 spiro atoms. The second-order valence-electron chi connectivity index (χ2n) is 5.00. The first-order chi connectivity index (χ1) is 9.61. The Hall–Kier alpha value is -1.75. The van der Waals surface area contributed by atoms with E-state index in [0.717, 1.165) is 23.5 Å². The van der Waals surface area contributed by atoms with Gasteiger partial charge in [-0.1, -0.05) is 6.07 Å². The van der Waals surface area contributed by atoms with E-state index in [-0.39, 0.29) is 24.3 Å². The smallest absolute Gasteiger partial charge is 0.306 e. The van der Waals surface area contributed by atoms with E-state index < -0.39 is 0 Å². The third-order valence-electron chi connectivity index (χ3n) is 3.45. The van der Waals surface area contributed by atoms with Gasteiger partial charge in [-0.25, -0.2) is 0 Å². The lowest BCUT2D eigenvalue weighted by molar-refractivity contribution is -0.141. The molecule has 1 aliphatic heterocycles. The van der Waals surface area contributed by atoms with Crippen molar-refractivity contribution in [3.63, 3.8) is 0 Å². The summed E-state index contributed by atoms with van der Waals surface area (Å²) >= 11 is 0. The van der Waals surface area contributed by atoms with Crippen molar-refractivity contribution >= 4 is 5.97 Å². The zero-order valence-corrected chi connectivity index (χ0v) is 11.9. The highest BCUT2D eigenvalue weighted by Crippen LogP contribution is 2.34. The molecule has 0 fully saturated rings. The van der Waals surface area contributed by atoms with Gasteiger partial charge in [-0.3, -0.25) is 4.79 Å². The third-order valence-corrected chi connectivity index (χ3v) is 3.45. The number of carbonyl (C=O) groups excluding carboxylic acids is 1. The molecule has 110 valence electrons. The van der Waals surface area contributed by atoms with Gasteiger partial charge in [0.15, 0.2) is 11.5 Å². The molecule has 1 aromatic rings. The van der Waals surface area contributed by atoms with Gasteiger partial charge in [0.05, 0.1) is 26.7 Å². The Morgan fingerprint density at radius 3 is 2.70 bits per heavy atom. The summed E-state index contributed by atoms with van der Waals surface area (Å²) in [6.07, 6.45) is 1.12. The summed E-state index contributed by atoms with van der Waals surface area (Å²) in [4.78, 5) is 11.5. The van der Waals surface area contributed by atoms with Crippen molar-refractivity contribution in [2.24, 2.45) is 5.73 Å². The van der Waals surface area contributed by atoms with Gasteiger partial charge in [0.2, 0.25) is 0 Å². The summed E-state index contributed by atoms with van der Waals surface area (Å²) in [6, 6.07) is 5.57. The Morgan fingerprint density at radius 2 is 2.05 bits per heavy atom. The zero-order valence-electron chi connectivity index (χ0n) is 11.9. The van der Waals surface area contributed by atoms with Crippen LogP contribution in [0.4, 0.5) is 0 Å². The van der Waals surface area contributed by atoms with Crippen LogP contribution in [0.5, 0.6) is 11.5 Å². The highest BCUT2D eigenvalue weighted by Gasteiger charge is 2.22. The number of esters is 1. The van der Waals surface area contributed by atoms with Gasteiger partial charge in [-0.2, -0.15) is 0 Å². The van der Waals surface area contributed by atoms with E-state index in [1.54, 1.807) is 0 Å². The Balaban J connectivity index is 2.25. The normalized spacial score (nSPS) is 16.9. The Morgan fingerprint density at radius 1 is 1.35 bits per heavy atom. The zero-order chi connectivity index (χ0) is 14.5. The second kappa shape index (κ2) is 6.61. The SMILES string of the molecule is COC(=O)CC(c1ccc2c(c1)OCCCO2)C(C)N. The van der Waals surface area contributed by atoms with Gasteiger partial charge in [0.25, 0.3) is 0 Å². The summed E-state index contributed by atoms with van der Waals surface area (Å²) in [5, 5.41) is 0. The minimum absolute atomic E-state index is 0.0976. The van der Waals surface area contributed by atoms with Gasteiger partial charge >= 0.3 is 5.97 Å². The van der Waals surface area contributed by atoms with Crippen LogP contribution < -0.4 is 15.2 Å². The maximum absolute atomic E-state index is 11.5. The predicted octanol–water partition coefficient (Wildman–Crippen LogP) is 1.84. The molecule has 1 heterocycles. The first-order valence-electron chi connectivity index (χ1n) is 6.83. The fraction of sp³-hybridized carbons (Fsp3) is 0.533. The van der Waals surface area contributed by atoms with Crippen LogP contribution in [0.15, 0.2) is 18.2 Å². The van der Waals surface area contributed by atoms with E-state index in [0.29, 0.717) is 13.2 Å². The molecule has 0 saturated carbocycles. The molecule has 5 nitrogen and oxygen atoms in total. The predicted molar refractivity (Wildman–Crippen MR) is 75.1 cm³/mol. The van der Waals surface area contributed by atoms with Gasteiger partial charge in [-0.05, 0) is 24.6 Å². The average Bonchev–Trinajstić information content (AvgIpc) is 2.68. The molecule has 0 amide bonds. The van der Waals surface area contributed by atoms with Gasteiger partial charge in [0.1, 0.15) is 0 Å². The molecule has 0 aliphatic carbocycles. The maximum atomic E-state index is 11.5. The molecule has 0 aromatic heterocycles. The molecule has 5 heteroatoms. The fourth-order valence-corrected chi connectivity index (χ4v) is 2.28. The van der Waals surface area contributed by atoms with Crippen LogP contribution in [-0.2, 0) is 9.53 Å². The monoisotopic (exact) mass is 279 g/mol. The van der Waals surface area contributed by atoms with Crippen molar-refractivity contribution in [1.29, 1.82) is 0 Å². The van der Waals surface area contributed by atoms with Crippen LogP contribution in [0.3, 0.4) is 0 Å². The second-order valence-corrected chi connectivity index (χ2v) is 5.00. The van der Waals surface area contributed by atoms with Crippen molar-refractivity contribution < 1.29 is 19.0 Å². The fourth-order valence-electron chi connectivity index (χ4n) is 2.28. The standard InChI is InChI=1S/C15H21NO4/c1-10(16)12(9-15(17)18-2)11-4-5-13-14(8-11)20-7-3-6-19-13/h4-5,8,10,12H,3,6-7,9,16H2,1-2H3. The van der Waals surface area contributed by atoms with E-state index in [2.05, 4.69) is 0 Å². The minimum Gasteiger partial charge on any atom is -0.490 e. The topological polar surface area (TPSA) is 70.8 Å². The number of fused-ring (bicyclic) bond motifs is 1. The molecule has 2 unspecified atom stereocenters. The van der Waals surface area contributed by atoms with E-state index >= 15 is 0 Å². The number of benzene rings is 1. The lowest BCUT2D eigenvalue weighted by Gasteiger charge is -2.21. The molecule has 0 saturated heterocycles. The van der Waals surface area contributed by atoms with Crippen LogP contribution in [0, 0.1) is 0 Å². The van der Waals surface area contributed by atoms with Crippen molar-refractivity contribution in [3.8, 4) is 11.5 Å². The summed E-state index contributed by atoms with van der Waals surface area (Å²) < 4.78 is 16.0. The lowest BCUT2D eigenvalue weighted by Crippen LogP contribution is -2.27. The molecule has 0 bridgehead atoms. The Kier molecular flexibility index (Phi) is 4.84. The molecular weight excluding hydrogens is 258 g/mol. The highest BCUT2D eigenvalue weighted by atomic mass is 16.5. The highest BCUT2D eigenvalue weighted by molar-refractivity contribution is 5.70. The summed E-state index contributed by atoms with van der Waals surface area (Å²) in [5.41, 5.74) is 6.97. The number of rotatable bonds is 4. The largest absolute Gasteiger partial charge is 0.490 e. The number of nitrogens with two attached hydrogens (primary N) is 1. The van der Waals surface area contributed by atoms with Crippen molar-refractivity contribution in [2.75, 3.05) is 20.3 Å². The van der Waals surface area contributed by atoms with Crippen molar-refractivity contribution in [1.82, 2.24) is 0 Å². The van der Waals surface area contributed by atoms with Crippen LogP contribution in [0.2, 0.25) is 0 Å². The molecule has 1 aliphatic rings. The molecular formula is C15H21NO4. The lowest BCUT2D eigenvalue weighted by atomic mass is 9.89. The van der Waals surface area contributed by atoms with Crippen molar-refractivity contribution in [2.45, 2.75) is 31.7 Å². The van der Waals surface area contributed by atoms with Crippen molar-refractivity contribution in [3.05, 3.63) is 23.8 Å². The Labute approximate surface area is 119 Å². The minimum atomic E-state index is -0.264. The average molecular weight is 279 g/mol. The van der Waals surface area contributed by atoms with Crippen LogP contribution in [0.25, 0.3) is 0 Å². The molecule has 2 atom stereocenters. The molecule has 2 rings (SSSR count). The van der Waals surface area contributed by atoms with Gasteiger partial charge < -0.3 is 19.9 Å². The maximum Gasteiger partial charge on any atom is 0.306 e. The molecule has 20 heavy (non-hydrogen) atoms. The first kappa shape index (κ1) is 14.7. The summed E-state index contributed by atoms with van der Waals surface area (Å²) in [5.74, 6) is 1.10. The van der Waals surface area contributed by atoms with Gasteiger partial charge in [0, 0.05) is 18.4 Å². The number of hydrogen-bond donors (Lipinski definition) is 1. The number of hydrogen-bond acceptors (Lipinski definition) is 5. The molecule has 2 N–H and O–H groups in total. The van der Waals surface area contributed by atoms with Crippen LogP contribution in [0.1, 0.15) is 31.2 Å². The van der Waals surface area contributed by atoms with E-state index in [9.17, 15) is 4.79 Å². The quantitative estimate of drug-likeness (QED) is 0.852. The number of carbonyl (C=O) groups is 1. The van der Waals surface area contributed by atoms with E-state index in [1.165, 1.54) is 7.11 Å². The number of ether oxygens (including phenoxy) is 3. The first-order valence-corrected chi connectivity index (χ1v) is 6.83. The van der Waals surface area contributed by atoms with Crippen LogP contribution in [-0.4, -0.2) is 32.3 Å². The summed E-state index contributed by atoms with van der Waals surface area (Å²) in [7, 11) is 1.38. The van der Waals surface area contributed by atoms with E-state index in [4.69, 9.17) is 19.9 Å². The third kappa shape index (κ3) is 3.42. The molecule has 1 aromatic carbocycles.